The minimum atomic E-state index is -4.37. The van der Waals surface area contributed by atoms with Crippen molar-refractivity contribution in [3.05, 3.63) is 12.2 Å². The second-order valence-electron chi connectivity index (χ2n) is 17.3. The number of aliphatic hydroxyl groups is 2. The topological polar surface area (TPSA) is 243 Å². The van der Waals surface area contributed by atoms with Gasteiger partial charge < -0.3 is 43.3 Å². The summed E-state index contributed by atoms with van der Waals surface area (Å²) in [5.74, 6) is -1.65. The molecule has 18 nitrogen and oxygen atoms in total. The fourth-order valence-electron chi connectivity index (χ4n) is 7.32. The number of aliphatic hydroxyl groups excluding tert-OH is 2. The number of fused-ring (bicyclic) bond motifs is 2. The summed E-state index contributed by atoms with van der Waals surface area (Å²) in [7, 11) is -3.00. The van der Waals surface area contributed by atoms with E-state index in [1.165, 1.54) is 57.9 Å². The molecule has 61 heavy (non-hydrogen) atoms. The van der Waals surface area contributed by atoms with E-state index in [0.29, 0.717) is 36.9 Å². The lowest BCUT2D eigenvalue weighted by Crippen LogP contribution is -2.43. The third-order valence-corrected chi connectivity index (χ3v) is 12.2. The van der Waals surface area contributed by atoms with E-state index in [1.807, 2.05) is 25.9 Å². The minimum Gasteiger partial charge on any atom is -0.460 e. The van der Waals surface area contributed by atoms with Crippen molar-refractivity contribution in [3.63, 3.8) is 0 Å². The SMILES string of the molecule is CC(=O)O[C@@H]1CC[C@]2(CCCCCCCCCCCCCCOC[C@H](CO)NS(=O)(=O)O)O[C@@H]1[C@@H](CCCCC/C=C/C(=O)O[C@H](CO)COP(=O)(O)OCC[N+](C)(C)C)O2. The molecule has 0 aliphatic carbocycles. The molecule has 0 saturated carbocycles. The normalized spacial score (nSPS) is 22.6. The molecule has 20 heteroatoms. The number of phosphoric ester groups is 1. The number of rotatable bonds is 37. The summed E-state index contributed by atoms with van der Waals surface area (Å²) < 4.78 is 84.2. The molecule has 2 rings (SSSR count). The molecule has 2 bridgehead atoms. The molecule has 2 aliphatic heterocycles. The Morgan fingerprint density at radius 3 is 2.08 bits per heavy atom. The fraction of sp³-hybridized carbons (Fsp3) is 0.902. The van der Waals surface area contributed by atoms with Crippen LogP contribution in [0.5, 0.6) is 0 Å². The molecule has 2 saturated heterocycles. The van der Waals surface area contributed by atoms with Gasteiger partial charge in [-0.2, -0.15) is 13.1 Å². The Hall–Kier alpha value is -1.58. The van der Waals surface area contributed by atoms with Gasteiger partial charge in [0.15, 0.2) is 5.79 Å². The molecule has 0 amide bonds. The third kappa shape index (κ3) is 26.7. The number of carbonyl (C=O) groups excluding carboxylic acids is 2. The van der Waals surface area contributed by atoms with Gasteiger partial charge in [-0.1, -0.05) is 83.1 Å². The molecule has 0 spiro atoms. The highest BCUT2D eigenvalue weighted by molar-refractivity contribution is 7.83. The van der Waals surface area contributed by atoms with E-state index < -0.39 is 61.8 Å². The van der Waals surface area contributed by atoms with Gasteiger partial charge in [-0.25, -0.2) is 9.36 Å². The van der Waals surface area contributed by atoms with E-state index in [9.17, 15) is 32.6 Å². The largest absolute Gasteiger partial charge is 0.472 e. The van der Waals surface area contributed by atoms with Gasteiger partial charge in [-0.05, 0) is 38.5 Å². The van der Waals surface area contributed by atoms with Crippen molar-refractivity contribution in [2.45, 2.75) is 172 Å². The highest BCUT2D eigenvalue weighted by Crippen LogP contribution is 2.46. The van der Waals surface area contributed by atoms with E-state index in [2.05, 4.69) is 0 Å². The lowest BCUT2D eigenvalue weighted by molar-refractivity contribution is -0.870. The number of nitrogens with one attached hydrogen (secondary N) is 1. The van der Waals surface area contributed by atoms with Gasteiger partial charge in [0.1, 0.15) is 31.5 Å². The van der Waals surface area contributed by atoms with Crippen molar-refractivity contribution in [3.8, 4) is 0 Å². The maximum absolute atomic E-state index is 12.3. The highest BCUT2D eigenvalue weighted by Gasteiger charge is 2.54. The van der Waals surface area contributed by atoms with Crippen LogP contribution in [0.3, 0.4) is 0 Å². The van der Waals surface area contributed by atoms with Crippen LogP contribution < -0.4 is 4.72 Å². The van der Waals surface area contributed by atoms with Crippen LogP contribution in [0.2, 0.25) is 0 Å². The molecule has 0 aromatic heterocycles. The zero-order valence-electron chi connectivity index (χ0n) is 37.1. The Kier molecular flexibility index (Phi) is 27.1. The average Bonchev–Trinajstić information content (AvgIpc) is 3.47. The Labute approximate surface area is 364 Å². The summed E-state index contributed by atoms with van der Waals surface area (Å²) in [6.45, 7) is 0.865. The second-order valence-corrected chi connectivity index (χ2v) is 19.9. The lowest BCUT2D eigenvalue weighted by Gasteiger charge is -2.35. The van der Waals surface area contributed by atoms with E-state index in [0.717, 1.165) is 64.2 Å². The number of allylic oxidation sites excluding steroid dienone is 1. The molecule has 5 N–H and O–H groups in total. The molecule has 2 heterocycles. The van der Waals surface area contributed by atoms with Gasteiger partial charge >= 0.3 is 30.1 Å². The number of phosphoric acid groups is 1. The third-order valence-electron chi connectivity index (χ3n) is 10.6. The lowest BCUT2D eigenvalue weighted by atomic mass is 9.94. The van der Waals surface area contributed by atoms with Crippen LogP contribution in [-0.2, 0) is 57.2 Å². The molecule has 0 radical (unpaired) electrons. The van der Waals surface area contributed by atoms with Crippen LogP contribution in [0, 0.1) is 0 Å². The summed E-state index contributed by atoms with van der Waals surface area (Å²) in [6.07, 6.45) is 20.8. The molecular formula is C41H78N2O16PS+. The van der Waals surface area contributed by atoms with Crippen LogP contribution in [0.15, 0.2) is 12.2 Å². The number of quaternary nitrogens is 1. The van der Waals surface area contributed by atoms with Crippen molar-refractivity contribution in [1.82, 2.24) is 4.72 Å². The number of ether oxygens (including phenoxy) is 5. The van der Waals surface area contributed by atoms with Gasteiger partial charge in [0, 0.05) is 32.4 Å². The predicted octanol–water partition coefficient (Wildman–Crippen LogP) is 5.28. The van der Waals surface area contributed by atoms with Gasteiger partial charge in [0.25, 0.3) is 0 Å². The number of nitrogens with zero attached hydrogens (tertiary/aromatic N) is 1. The van der Waals surface area contributed by atoms with Crippen LogP contribution in [0.4, 0.5) is 0 Å². The maximum atomic E-state index is 12.3. The smallest absolute Gasteiger partial charge is 0.460 e. The number of esters is 2. The second kappa shape index (κ2) is 29.8. The molecule has 2 aliphatic rings. The molecule has 0 aromatic rings. The van der Waals surface area contributed by atoms with Crippen molar-refractivity contribution < 1.29 is 79.4 Å². The number of carbonyl (C=O) groups is 2. The standard InChI is InChI=1S/C41H77N2O16PS/c1-34(46)56-37-24-26-41(25-20-16-11-9-7-5-6-8-10-12-17-21-28-53-32-35(30-44)42-61(50,51)52)58-38(40(37)59-41)22-18-14-13-15-19-23-39(47)57-36(31-45)33-55-60(48,49)54-29-27-43(2,3)4/h19,23,35-38,40,42,44-45H,5-18,20-22,24-33H2,1-4H3,(H-,48,49,50,51,52)/p+1/b23-19+/t35-,36+,37+,38+,40-,41-/m0/s1. The van der Waals surface area contributed by atoms with Crippen LogP contribution >= 0.6 is 7.82 Å². The van der Waals surface area contributed by atoms with Gasteiger partial charge in [-0.3, -0.25) is 18.4 Å². The average molecular weight is 918 g/mol. The Morgan fingerprint density at radius 1 is 0.869 bits per heavy atom. The first kappa shape index (κ1) is 55.6. The molecule has 358 valence electrons. The Bertz CT molecular complexity index is 1420. The monoisotopic (exact) mass is 917 g/mol. The summed E-state index contributed by atoms with van der Waals surface area (Å²) in [4.78, 5) is 34.0. The Balaban J connectivity index is 1.57. The van der Waals surface area contributed by atoms with Crippen LogP contribution in [-0.4, -0.2) is 148 Å². The molecular weight excluding hydrogens is 839 g/mol. The van der Waals surface area contributed by atoms with E-state index in [4.69, 9.17) is 42.4 Å². The number of unbranched alkanes of at least 4 members (excludes halogenated alkanes) is 14. The number of hydrogen-bond donors (Lipinski definition) is 5. The summed E-state index contributed by atoms with van der Waals surface area (Å²) in [5.41, 5.74) is 0. The summed E-state index contributed by atoms with van der Waals surface area (Å²) in [5, 5.41) is 18.7. The van der Waals surface area contributed by atoms with Crippen molar-refractivity contribution in [1.29, 1.82) is 0 Å². The minimum absolute atomic E-state index is 0.000976. The van der Waals surface area contributed by atoms with Crippen molar-refractivity contribution in [2.24, 2.45) is 0 Å². The number of likely N-dealkylation sites (N-methyl/N-ethyl adjacent to an activating group) is 1. The summed E-state index contributed by atoms with van der Waals surface area (Å²) in [6, 6.07) is -0.853. The van der Waals surface area contributed by atoms with Gasteiger partial charge in [0.2, 0.25) is 0 Å². The molecule has 2 fully saturated rings. The zero-order valence-corrected chi connectivity index (χ0v) is 38.8. The van der Waals surface area contributed by atoms with Crippen molar-refractivity contribution >= 4 is 30.1 Å². The quantitative estimate of drug-likeness (QED) is 0.0133. The maximum Gasteiger partial charge on any atom is 0.472 e. The Morgan fingerprint density at radius 2 is 1.49 bits per heavy atom. The molecule has 7 atom stereocenters. The van der Waals surface area contributed by atoms with E-state index in [-0.39, 0.29) is 37.5 Å². The first-order chi connectivity index (χ1) is 28.9. The van der Waals surface area contributed by atoms with Crippen molar-refractivity contribution in [2.75, 3.05) is 67.3 Å². The van der Waals surface area contributed by atoms with Gasteiger partial charge in [0.05, 0.1) is 59.7 Å². The van der Waals surface area contributed by atoms with Gasteiger partial charge in [-0.15, -0.1) is 0 Å². The first-order valence-electron chi connectivity index (χ1n) is 22.2. The van der Waals surface area contributed by atoms with Crippen LogP contribution in [0.25, 0.3) is 0 Å². The summed E-state index contributed by atoms with van der Waals surface area (Å²) >= 11 is 0. The fourth-order valence-corrected chi connectivity index (χ4v) is 8.63. The predicted molar refractivity (Wildman–Crippen MR) is 227 cm³/mol. The number of hydrogen-bond acceptors (Lipinski definition) is 14. The zero-order chi connectivity index (χ0) is 45.2. The molecule has 0 aromatic carbocycles. The highest BCUT2D eigenvalue weighted by atomic mass is 32.2. The van der Waals surface area contributed by atoms with E-state index in [1.54, 1.807) is 6.08 Å². The first-order valence-corrected chi connectivity index (χ1v) is 25.2. The van der Waals surface area contributed by atoms with Crippen LogP contribution in [0.1, 0.15) is 135 Å². The van der Waals surface area contributed by atoms with E-state index >= 15 is 0 Å². The molecule has 1 unspecified atom stereocenters.